The van der Waals surface area contributed by atoms with E-state index >= 15 is 0 Å². The van der Waals surface area contributed by atoms with E-state index in [9.17, 15) is 9.59 Å². The van der Waals surface area contributed by atoms with Gasteiger partial charge in [0, 0.05) is 49.4 Å². The van der Waals surface area contributed by atoms with Gasteiger partial charge in [0.1, 0.15) is 0 Å². The zero-order chi connectivity index (χ0) is 19.2. The average Bonchev–Trinajstić information content (AvgIpc) is 2.68. The van der Waals surface area contributed by atoms with E-state index in [-0.39, 0.29) is 17.9 Å². The van der Waals surface area contributed by atoms with E-state index in [1.807, 2.05) is 36.1 Å². The minimum atomic E-state index is -0.191. The van der Waals surface area contributed by atoms with E-state index < -0.39 is 0 Å². The Kier molecular flexibility index (Phi) is 7.26. The number of halogens is 1. The Balaban J connectivity index is 1.43. The Morgan fingerprint density at radius 3 is 2.44 bits per heavy atom. The van der Waals surface area contributed by atoms with Crippen molar-refractivity contribution in [1.82, 2.24) is 14.7 Å². The summed E-state index contributed by atoms with van der Waals surface area (Å²) < 4.78 is 0.944. The number of benzene rings is 1. The van der Waals surface area contributed by atoms with E-state index in [0.29, 0.717) is 6.54 Å². The molecule has 1 atom stereocenters. The van der Waals surface area contributed by atoms with Gasteiger partial charge in [-0.3, -0.25) is 19.4 Å². The molecular weight excluding hydrogens is 408 g/mol. The van der Waals surface area contributed by atoms with Gasteiger partial charge in [-0.2, -0.15) is 0 Å². The van der Waals surface area contributed by atoms with Gasteiger partial charge in [0.05, 0.1) is 12.6 Å². The van der Waals surface area contributed by atoms with Crippen LogP contribution in [-0.2, 0) is 9.59 Å². The number of likely N-dealkylation sites (tertiary alicyclic amines) is 1. The maximum absolute atomic E-state index is 12.5. The highest BCUT2D eigenvalue weighted by Crippen LogP contribution is 2.17. The standard InChI is InChI=1S/C20H29BrN4O2/c1-16(20(27)22-18-7-5-6-17(21)14-18)24-12-10-23(11-13-24)15-19(26)25-8-3-2-4-9-25/h5-7,14,16H,2-4,8-13,15H2,1H3,(H,22,27)/t16-/m0/s1. The fourth-order valence-corrected chi connectivity index (χ4v) is 4.12. The number of hydrogen-bond donors (Lipinski definition) is 1. The number of carbonyl (C=O) groups is 2. The molecule has 2 saturated heterocycles. The predicted molar refractivity (Wildman–Crippen MR) is 111 cm³/mol. The number of piperidine rings is 1. The number of nitrogens with zero attached hydrogens (tertiary/aromatic N) is 3. The zero-order valence-electron chi connectivity index (χ0n) is 16.0. The number of nitrogens with one attached hydrogen (secondary N) is 1. The molecule has 0 bridgehead atoms. The van der Waals surface area contributed by atoms with Crippen LogP contribution in [0.3, 0.4) is 0 Å². The second-order valence-electron chi connectivity index (χ2n) is 7.43. The van der Waals surface area contributed by atoms with E-state index in [1.54, 1.807) is 0 Å². The highest BCUT2D eigenvalue weighted by Gasteiger charge is 2.27. The number of hydrogen-bond acceptors (Lipinski definition) is 4. The van der Waals surface area contributed by atoms with Crippen LogP contribution in [0.4, 0.5) is 5.69 Å². The highest BCUT2D eigenvalue weighted by molar-refractivity contribution is 9.10. The molecule has 2 aliphatic rings. The van der Waals surface area contributed by atoms with Crippen molar-refractivity contribution < 1.29 is 9.59 Å². The van der Waals surface area contributed by atoms with Gasteiger partial charge in [0.15, 0.2) is 0 Å². The highest BCUT2D eigenvalue weighted by atomic mass is 79.9. The second-order valence-corrected chi connectivity index (χ2v) is 8.34. The third kappa shape index (κ3) is 5.77. The van der Waals surface area contributed by atoms with Crippen molar-refractivity contribution in [2.24, 2.45) is 0 Å². The number of amides is 2. The average molecular weight is 437 g/mol. The van der Waals surface area contributed by atoms with Crippen LogP contribution in [0.5, 0.6) is 0 Å². The molecule has 6 nitrogen and oxygen atoms in total. The van der Waals surface area contributed by atoms with Crippen LogP contribution >= 0.6 is 15.9 Å². The summed E-state index contributed by atoms with van der Waals surface area (Å²) in [5.74, 6) is 0.259. The molecule has 2 fully saturated rings. The molecule has 27 heavy (non-hydrogen) atoms. The molecule has 1 aromatic carbocycles. The molecule has 0 aromatic heterocycles. The number of carbonyl (C=O) groups excluding carboxylic acids is 2. The van der Waals surface area contributed by atoms with Crippen molar-refractivity contribution in [3.8, 4) is 0 Å². The van der Waals surface area contributed by atoms with E-state index in [2.05, 4.69) is 31.0 Å². The first-order chi connectivity index (χ1) is 13.0. The Morgan fingerprint density at radius 2 is 1.78 bits per heavy atom. The molecular formula is C20H29BrN4O2. The first kappa shape index (κ1) is 20.3. The lowest BCUT2D eigenvalue weighted by Gasteiger charge is -2.38. The lowest BCUT2D eigenvalue weighted by molar-refractivity contribution is -0.134. The summed E-state index contributed by atoms with van der Waals surface area (Å²) >= 11 is 3.42. The van der Waals surface area contributed by atoms with Gasteiger partial charge in [-0.05, 0) is 44.4 Å². The molecule has 0 radical (unpaired) electrons. The van der Waals surface area contributed by atoms with E-state index in [4.69, 9.17) is 0 Å². The molecule has 2 aliphatic heterocycles. The molecule has 0 unspecified atom stereocenters. The van der Waals surface area contributed by atoms with Gasteiger partial charge in [-0.15, -0.1) is 0 Å². The summed E-state index contributed by atoms with van der Waals surface area (Å²) in [4.78, 5) is 31.4. The number of rotatable bonds is 5. The van der Waals surface area contributed by atoms with Crippen molar-refractivity contribution >= 4 is 33.4 Å². The Hall–Kier alpha value is -1.44. The molecule has 7 heteroatoms. The molecule has 0 aliphatic carbocycles. The number of anilines is 1. The van der Waals surface area contributed by atoms with Crippen LogP contribution in [0.25, 0.3) is 0 Å². The summed E-state index contributed by atoms with van der Waals surface area (Å²) in [6.45, 7) is 7.54. The van der Waals surface area contributed by atoms with E-state index in [0.717, 1.165) is 62.3 Å². The quantitative estimate of drug-likeness (QED) is 0.769. The largest absolute Gasteiger partial charge is 0.342 e. The maximum atomic E-state index is 12.5. The van der Waals surface area contributed by atoms with Crippen molar-refractivity contribution in [3.05, 3.63) is 28.7 Å². The Labute approximate surface area is 170 Å². The van der Waals surface area contributed by atoms with Crippen molar-refractivity contribution in [1.29, 1.82) is 0 Å². The Morgan fingerprint density at radius 1 is 1.07 bits per heavy atom. The van der Waals surface area contributed by atoms with Crippen LogP contribution in [0.15, 0.2) is 28.7 Å². The maximum Gasteiger partial charge on any atom is 0.241 e. The van der Waals surface area contributed by atoms with Gasteiger partial charge in [0.25, 0.3) is 0 Å². The molecule has 1 aromatic rings. The van der Waals surface area contributed by atoms with Gasteiger partial charge in [0.2, 0.25) is 11.8 Å². The lowest BCUT2D eigenvalue weighted by Crippen LogP contribution is -2.54. The molecule has 0 spiro atoms. The van der Waals surface area contributed by atoms with Crippen molar-refractivity contribution in [2.45, 2.75) is 32.2 Å². The summed E-state index contributed by atoms with van der Waals surface area (Å²) in [5, 5.41) is 2.98. The van der Waals surface area contributed by atoms with Crippen LogP contribution in [0.1, 0.15) is 26.2 Å². The van der Waals surface area contributed by atoms with Crippen LogP contribution in [0.2, 0.25) is 0 Å². The summed E-state index contributed by atoms with van der Waals surface area (Å²) in [6, 6.07) is 7.43. The van der Waals surface area contributed by atoms with Gasteiger partial charge in [-0.25, -0.2) is 0 Å². The smallest absolute Gasteiger partial charge is 0.241 e. The van der Waals surface area contributed by atoms with Crippen LogP contribution in [0, 0.1) is 0 Å². The molecule has 1 N–H and O–H groups in total. The fraction of sp³-hybridized carbons (Fsp3) is 0.600. The fourth-order valence-electron chi connectivity index (χ4n) is 3.72. The molecule has 3 rings (SSSR count). The SMILES string of the molecule is C[C@@H](C(=O)Nc1cccc(Br)c1)N1CCN(CC(=O)N2CCCCC2)CC1. The molecule has 0 saturated carbocycles. The van der Waals surface area contributed by atoms with Gasteiger partial charge in [-0.1, -0.05) is 22.0 Å². The van der Waals surface area contributed by atoms with Gasteiger partial charge >= 0.3 is 0 Å². The topological polar surface area (TPSA) is 55.9 Å². The minimum absolute atomic E-state index is 0.00550. The molecule has 2 amide bonds. The predicted octanol–water partition coefficient (Wildman–Crippen LogP) is 2.41. The van der Waals surface area contributed by atoms with Crippen LogP contribution < -0.4 is 5.32 Å². The summed E-state index contributed by atoms with van der Waals surface area (Å²) in [6.07, 6.45) is 3.50. The third-order valence-corrected chi connectivity index (χ3v) is 5.99. The third-order valence-electron chi connectivity index (χ3n) is 5.49. The normalized spacial score (nSPS) is 20.3. The first-order valence-electron chi connectivity index (χ1n) is 9.83. The van der Waals surface area contributed by atoms with Gasteiger partial charge < -0.3 is 10.2 Å². The Bertz CT molecular complexity index is 655. The zero-order valence-corrected chi connectivity index (χ0v) is 17.6. The van der Waals surface area contributed by atoms with Crippen molar-refractivity contribution in [2.75, 3.05) is 51.1 Å². The monoisotopic (exact) mass is 436 g/mol. The summed E-state index contributed by atoms with van der Waals surface area (Å²) in [7, 11) is 0. The lowest BCUT2D eigenvalue weighted by atomic mass is 10.1. The van der Waals surface area contributed by atoms with Crippen LogP contribution in [-0.4, -0.2) is 78.4 Å². The van der Waals surface area contributed by atoms with E-state index in [1.165, 1.54) is 6.42 Å². The summed E-state index contributed by atoms with van der Waals surface area (Å²) in [5.41, 5.74) is 0.798. The van der Waals surface area contributed by atoms with Crippen molar-refractivity contribution in [3.63, 3.8) is 0 Å². The molecule has 148 valence electrons. The molecule has 2 heterocycles. The minimum Gasteiger partial charge on any atom is -0.342 e. The second kappa shape index (κ2) is 9.66. The number of piperazine rings is 1. The first-order valence-corrected chi connectivity index (χ1v) is 10.6.